The van der Waals surface area contributed by atoms with Crippen molar-refractivity contribution in [2.24, 2.45) is 0 Å². The average Bonchev–Trinajstić information content (AvgIpc) is 2.68. The van der Waals surface area contributed by atoms with Crippen LogP contribution < -0.4 is 5.32 Å². The number of amides is 1. The van der Waals surface area contributed by atoms with Crippen LogP contribution in [0, 0.1) is 20.8 Å². The molecule has 0 aromatic heterocycles. The van der Waals surface area contributed by atoms with E-state index in [4.69, 9.17) is 23.2 Å². The number of Topliss-reactive ketones (excluding diaryl/α,β-unsaturated/α-hetero) is 1. The van der Waals surface area contributed by atoms with Gasteiger partial charge in [-0.2, -0.15) is 0 Å². The minimum Gasteiger partial charge on any atom is -0.375 e. The smallest absolute Gasteiger partial charge is 0.261 e. The monoisotopic (exact) mass is 377 g/mol. The van der Waals surface area contributed by atoms with Crippen LogP contribution in [-0.4, -0.2) is 16.8 Å². The van der Waals surface area contributed by atoms with E-state index in [1.165, 1.54) is 12.1 Å². The number of anilines is 1. The fourth-order valence-corrected chi connectivity index (χ4v) is 4.19. The summed E-state index contributed by atoms with van der Waals surface area (Å²) in [6.07, 6.45) is -0.391. The van der Waals surface area contributed by atoms with E-state index < -0.39 is 17.9 Å². The van der Waals surface area contributed by atoms with Crippen LogP contribution in [0.15, 0.2) is 24.3 Å². The first-order valence-electron chi connectivity index (χ1n) is 7.78. The molecule has 0 saturated heterocycles. The number of carbonyl (C=O) groups is 2. The van der Waals surface area contributed by atoms with Crippen LogP contribution >= 0.6 is 23.2 Å². The highest BCUT2D eigenvalue weighted by atomic mass is 35.5. The Labute approximate surface area is 155 Å². The quantitative estimate of drug-likeness (QED) is 0.782. The molecule has 0 radical (unpaired) electrons. The Hall–Kier alpha value is -1.88. The Kier molecular flexibility index (Phi) is 4.40. The van der Waals surface area contributed by atoms with E-state index in [-0.39, 0.29) is 16.4 Å². The standard InChI is InChI=1S/C19H17Cl2NO3/c1-9-4-10(2)16(11(3)5-9)15(23)8-19(25)17-13(21)6-12(20)7-14(17)22-18(19)24/h4-7,25H,8H2,1-3H3,(H,22,24)/t19-/m0/s1. The van der Waals surface area contributed by atoms with Gasteiger partial charge in [0.15, 0.2) is 11.4 Å². The van der Waals surface area contributed by atoms with Gasteiger partial charge in [0, 0.05) is 16.1 Å². The van der Waals surface area contributed by atoms with Gasteiger partial charge in [-0.1, -0.05) is 40.9 Å². The van der Waals surface area contributed by atoms with Crippen LogP contribution in [0.3, 0.4) is 0 Å². The number of aryl methyl sites for hydroxylation is 3. The summed E-state index contributed by atoms with van der Waals surface area (Å²) in [7, 11) is 0. The van der Waals surface area contributed by atoms with Gasteiger partial charge < -0.3 is 10.4 Å². The molecule has 2 N–H and O–H groups in total. The molecule has 0 spiro atoms. The summed E-state index contributed by atoms with van der Waals surface area (Å²) >= 11 is 12.1. The minimum atomic E-state index is -2.02. The molecule has 0 fully saturated rings. The third-order valence-electron chi connectivity index (χ3n) is 4.46. The highest BCUT2D eigenvalue weighted by molar-refractivity contribution is 6.36. The van der Waals surface area contributed by atoms with Crippen molar-refractivity contribution in [3.8, 4) is 0 Å². The molecule has 1 aliphatic rings. The summed E-state index contributed by atoms with van der Waals surface area (Å²) in [4.78, 5) is 25.3. The zero-order valence-electron chi connectivity index (χ0n) is 14.0. The van der Waals surface area contributed by atoms with Gasteiger partial charge in [0.1, 0.15) is 0 Å². The summed E-state index contributed by atoms with van der Waals surface area (Å²) < 4.78 is 0. The van der Waals surface area contributed by atoms with Crippen molar-refractivity contribution in [2.75, 3.05) is 5.32 Å². The summed E-state index contributed by atoms with van der Waals surface area (Å²) in [5.74, 6) is -0.992. The second-order valence-electron chi connectivity index (χ2n) is 6.50. The first-order valence-corrected chi connectivity index (χ1v) is 8.53. The van der Waals surface area contributed by atoms with E-state index in [1.54, 1.807) is 0 Å². The van der Waals surface area contributed by atoms with E-state index in [9.17, 15) is 14.7 Å². The number of hydrogen-bond acceptors (Lipinski definition) is 3. The van der Waals surface area contributed by atoms with E-state index in [0.717, 1.165) is 16.7 Å². The van der Waals surface area contributed by atoms with Crippen LogP contribution in [0.4, 0.5) is 5.69 Å². The molecule has 1 heterocycles. The number of rotatable bonds is 3. The van der Waals surface area contributed by atoms with Gasteiger partial charge in [0.05, 0.1) is 17.1 Å². The summed E-state index contributed by atoms with van der Waals surface area (Å²) in [6, 6.07) is 6.75. The predicted octanol–water partition coefficient (Wildman–Crippen LogP) is 4.33. The van der Waals surface area contributed by atoms with Crippen LogP contribution in [0.5, 0.6) is 0 Å². The van der Waals surface area contributed by atoms with Gasteiger partial charge >= 0.3 is 0 Å². The number of carbonyl (C=O) groups excluding carboxylic acids is 2. The maximum absolute atomic E-state index is 12.9. The largest absolute Gasteiger partial charge is 0.375 e. The Morgan fingerprint density at radius 2 is 1.72 bits per heavy atom. The first-order chi connectivity index (χ1) is 11.6. The van der Waals surface area contributed by atoms with Gasteiger partial charge in [-0.05, 0) is 44.0 Å². The van der Waals surface area contributed by atoms with E-state index in [0.29, 0.717) is 16.3 Å². The van der Waals surface area contributed by atoms with Crippen molar-refractivity contribution in [1.82, 2.24) is 0 Å². The van der Waals surface area contributed by atoms with Crippen molar-refractivity contribution >= 4 is 40.6 Å². The van der Waals surface area contributed by atoms with Gasteiger partial charge in [0.2, 0.25) is 0 Å². The molecule has 6 heteroatoms. The fourth-order valence-electron chi connectivity index (χ4n) is 3.54. The molecule has 130 valence electrons. The van der Waals surface area contributed by atoms with Crippen LogP contribution in [0.1, 0.15) is 39.0 Å². The molecule has 2 aromatic carbocycles. The zero-order chi connectivity index (χ0) is 18.5. The number of aliphatic hydroxyl groups is 1. The lowest BCUT2D eigenvalue weighted by Crippen LogP contribution is -2.37. The normalized spacial score (nSPS) is 18.9. The summed E-state index contributed by atoms with van der Waals surface area (Å²) in [6.45, 7) is 5.63. The lowest BCUT2D eigenvalue weighted by Gasteiger charge is -2.22. The molecule has 0 bridgehead atoms. The third kappa shape index (κ3) is 2.95. The molecule has 0 saturated carbocycles. The molecule has 3 rings (SSSR count). The topological polar surface area (TPSA) is 66.4 Å². The Bertz CT molecular complexity index is 900. The minimum absolute atomic E-state index is 0.147. The highest BCUT2D eigenvalue weighted by Crippen LogP contribution is 2.44. The van der Waals surface area contributed by atoms with Gasteiger partial charge in [0.25, 0.3) is 5.91 Å². The predicted molar refractivity (Wildman–Crippen MR) is 98.6 cm³/mol. The van der Waals surface area contributed by atoms with Crippen molar-refractivity contribution < 1.29 is 14.7 Å². The molecule has 1 atom stereocenters. The number of fused-ring (bicyclic) bond motifs is 1. The Morgan fingerprint density at radius 1 is 1.12 bits per heavy atom. The van der Waals surface area contributed by atoms with Gasteiger partial charge in [-0.25, -0.2) is 0 Å². The molecule has 0 unspecified atom stereocenters. The molecule has 1 aliphatic heterocycles. The maximum atomic E-state index is 12.9. The Balaban J connectivity index is 2.05. The van der Waals surface area contributed by atoms with E-state index >= 15 is 0 Å². The number of benzene rings is 2. The summed E-state index contributed by atoms with van der Waals surface area (Å²) in [5.41, 5.74) is 1.70. The van der Waals surface area contributed by atoms with E-state index in [1.807, 2.05) is 32.9 Å². The molecular weight excluding hydrogens is 361 g/mol. The summed E-state index contributed by atoms with van der Waals surface area (Å²) in [5, 5.41) is 14.0. The van der Waals surface area contributed by atoms with Crippen LogP contribution in [0.2, 0.25) is 10.0 Å². The zero-order valence-corrected chi connectivity index (χ0v) is 15.5. The van der Waals surface area contributed by atoms with Crippen LogP contribution in [-0.2, 0) is 10.4 Å². The lowest BCUT2D eigenvalue weighted by molar-refractivity contribution is -0.133. The maximum Gasteiger partial charge on any atom is 0.261 e. The average molecular weight is 378 g/mol. The number of ketones is 1. The molecule has 25 heavy (non-hydrogen) atoms. The third-order valence-corrected chi connectivity index (χ3v) is 4.98. The number of halogens is 2. The van der Waals surface area contributed by atoms with Gasteiger partial charge in [-0.15, -0.1) is 0 Å². The van der Waals surface area contributed by atoms with Crippen LogP contribution in [0.25, 0.3) is 0 Å². The van der Waals surface area contributed by atoms with Crippen molar-refractivity contribution in [2.45, 2.75) is 32.8 Å². The van der Waals surface area contributed by atoms with E-state index in [2.05, 4.69) is 5.32 Å². The fraction of sp³-hybridized carbons (Fsp3) is 0.263. The number of nitrogens with one attached hydrogen (secondary N) is 1. The molecule has 0 aliphatic carbocycles. The Morgan fingerprint density at radius 3 is 2.32 bits per heavy atom. The molecular formula is C19H17Cl2NO3. The van der Waals surface area contributed by atoms with Crippen molar-refractivity contribution in [1.29, 1.82) is 0 Å². The van der Waals surface area contributed by atoms with Crippen molar-refractivity contribution in [3.05, 3.63) is 62.1 Å². The SMILES string of the molecule is Cc1cc(C)c(C(=O)C[C@@]2(O)C(=O)Nc3cc(Cl)cc(Cl)c32)c(C)c1. The second-order valence-corrected chi connectivity index (χ2v) is 7.34. The second kappa shape index (κ2) is 6.13. The highest BCUT2D eigenvalue weighted by Gasteiger charge is 2.48. The van der Waals surface area contributed by atoms with Gasteiger partial charge in [-0.3, -0.25) is 9.59 Å². The van der Waals surface area contributed by atoms with Crippen molar-refractivity contribution in [3.63, 3.8) is 0 Å². The lowest BCUT2D eigenvalue weighted by atomic mass is 9.85. The molecule has 2 aromatic rings. The molecule has 1 amide bonds. The molecule has 4 nitrogen and oxygen atoms in total. The first kappa shape index (κ1) is 17.9. The number of hydrogen-bond donors (Lipinski definition) is 2.